The number of carboxylic acid groups (broad SMARTS) is 1. The molecule has 0 bridgehead atoms. The first-order valence-electron chi connectivity index (χ1n) is 5.88. The van der Waals surface area contributed by atoms with Crippen molar-refractivity contribution in [3.05, 3.63) is 12.3 Å². The zero-order chi connectivity index (χ0) is 11.1. The minimum atomic E-state index is -0.887. The average Bonchev–Trinajstić information content (AvgIpc) is 2.20. The average molecular weight is 211 g/mol. The Labute approximate surface area is 91.6 Å². The molecule has 1 rings (SSSR count). The second-order valence-electron chi connectivity index (χ2n) is 4.34. The van der Waals surface area contributed by atoms with Gasteiger partial charge in [0.1, 0.15) is 0 Å². The number of aliphatic carboxylic acids is 1. The van der Waals surface area contributed by atoms with E-state index in [1.54, 1.807) is 6.20 Å². The van der Waals surface area contributed by atoms with Gasteiger partial charge >= 0.3 is 5.97 Å². The highest BCUT2D eigenvalue weighted by Crippen LogP contribution is 2.27. The largest absolute Gasteiger partial charge is 0.478 e. The lowest BCUT2D eigenvalue weighted by Crippen LogP contribution is -2.29. The Bertz CT molecular complexity index is 218. The van der Waals surface area contributed by atoms with E-state index in [1.165, 1.54) is 38.5 Å². The van der Waals surface area contributed by atoms with Crippen LogP contribution in [0.2, 0.25) is 0 Å². The van der Waals surface area contributed by atoms with Crippen LogP contribution in [0.1, 0.15) is 45.4 Å². The number of carbonyl (C=O) groups is 1. The lowest BCUT2D eigenvalue weighted by molar-refractivity contribution is -0.131. The summed E-state index contributed by atoms with van der Waals surface area (Å²) >= 11 is 0. The fourth-order valence-corrected chi connectivity index (χ4v) is 2.28. The molecule has 0 unspecified atom stereocenters. The molecule has 0 aromatic carbocycles. The first-order chi connectivity index (χ1) is 7.22. The molecule has 3 heteroatoms. The molecule has 0 atom stereocenters. The molecule has 1 aliphatic carbocycles. The molecule has 2 N–H and O–H groups in total. The monoisotopic (exact) mass is 211 g/mol. The second-order valence-corrected chi connectivity index (χ2v) is 4.34. The third-order valence-corrected chi connectivity index (χ3v) is 3.10. The highest BCUT2D eigenvalue weighted by atomic mass is 16.4. The van der Waals surface area contributed by atoms with Gasteiger partial charge in [0.05, 0.1) is 0 Å². The summed E-state index contributed by atoms with van der Waals surface area (Å²) in [6.07, 6.45) is 10.3. The summed E-state index contributed by atoms with van der Waals surface area (Å²) in [5.74, 6) is 0.0127. The molecule has 0 aromatic rings. The minimum absolute atomic E-state index is 0.480. The van der Waals surface area contributed by atoms with Crippen LogP contribution >= 0.6 is 0 Å². The van der Waals surface area contributed by atoms with Crippen molar-refractivity contribution in [1.29, 1.82) is 0 Å². The van der Waals surface area contributed by atoms with Crippen LogP contribution in [0.3, 0.4) is 0 Å². The third-order valence-electron chi connectivity index (χ3n) is 3.10. The van der Waals surface area contributed by atoms with Crippen LogP contribution in [0.5, 0.6) is 0 Å². The van der Waals surface area contributed by atoms with Gasteiger partial charge in [-0.1, -0.05) is 19.8 Å². The summed E-state index contributed by atoms with van der Waals surface area (Å²) in [6.45, 7) is 2.24. The SMILES string of the molecule is CCCC1CCC(N/C=C/C(=O)O)CC1. The number of rotatable bonds is 5. The lowest BCUT2D eigenvalue weighted by atomic mass is 9.83. The Balaban J connectivity index is 2.17. The summed E-state index contributed by atoms with van der Waals surface area (Å²) in [4.78, 5) is 10.3. The fourth-order valence-electron chi connectivity index (χ4n) is 2.28. The van der Waals surface area contributed by atoms with Gasteiger partial charge in [0.25, 0.3) is 0 Å². The van der Waals surface area contributed by atoms with Gasteiger partial charge in [0, 0.05) is 18.3 Å². The zero-order valence-electron chi connectivity index (χ0n) is 9.41. The molecule has 3 nitrogen and oxygen atoms in total. The van der Waals surface area contributed by atoms with Crippen molar-refractivity contribution in [3.63, 3.8) is 0 Å². The van der Waals surface area contributed by atoms with Crippen LogP contribution in [0.4, 0.5) is 0 Å². The molecule has 0 heterocycles. The maximum Gasteiger partial charge on any atom is 0.329 e. The number of hydrogen-bond donors (Lipinski definition) is 2. The highest BCUT2D eigenvalue weighted by Gasteiger charge is 2.19. The molecule has 86 valence electrons. The van der Waals surface area contributed by atoms with Crippen LogP contribution in [0.25, 0.3) is 0 Å². The van der Waals surface area contributed by atoms with Crippen molar-refractivity contribution in [2.45, 2.75) is 51.5 Å². The number of hydrogen-bond acceptors (Lipinski definition) is 2. The van der Waals surface area contributed by atoms with Crippen molar-refractivity contribution in [2.24, 2.45) is 5.92 Å². The van der Waals surface area contributed by atoms with Crippen LogP contribution in [0.15, 0.2) is 12.3 Å². The van der Waals surface area contributed by atoms with E-state index >= 15 is 0 Å². The van der Waals surface area contributed by atoms with Gasteiger partial charge in [-0.2, -0.15) is 0 Å². The van der Waals surface area contributed by atoms with Gasteiger partial charge in [-0.3, -0.25) is 0 Å². The lowest BCUT2D eigenvalue weighted by Gasteiger charge is -2.28. The van der Waals surface area contributed by atoms with Crippen molar-refractivity contribution in [2.75, 3.05) is 0 Å². The first-order valence-corrected chi connectivity index (χ1v) is 5.88. The molecular formula is C12H21NO2. The van der Waals surface area contributed by atoms with Crippen LogP contribution in [-0.4, -0.2) is 17.1 Å². The summed E-state index contributed by atoms with van der Waals surface area (Å²) in [7, 11) is 0. The molecule has 15 heavy (non-hydrogen) atoms. The van der Waals surface area contributed by atoms with Crippen molar-refractivity contribution >= 4 is 5.97 Å². The molecule has 0 radical (unpaired) electrons. The van der Waals surface area contributed by atoms with E-state index in [9.17, 15) is 4.79 Å². The Morgan fingerprint density at radius 3 is 2.60 bits per heavy atom. The molecule has 1 fully saturated rings. The maximum absolute atomic E-state index is 10.3. The van der Waals surface area contributed by atoms with Gasteiger partial charge in [-0.05, 0) is 31.6 Å². The van der Waals surface area contributed by atoms with Crippen molar-refractivity contribution < 1.29 is 9.90 Å². The van der Waals surface area contributed by atoms with Gasteiger partial charge < -0.3 is 10.4 Å². The van der Waals surface area contributed by atoms with Gasteiger partial charge in [-0.15, -0.1) is 0 Å². The van der Waals surface area contributed by atoms with Gasteiger partial charge in [0.15, 0.2) is 0 Å². The summed E-state index contributed by atoms with van der Waals surface area (Å²) in [5, 5.41) is 11.6. The Kier molecular flexibility index (Phi) is 5.22. The maximum atomic E-state index is 10.3. The first kappa shape index (κ1) is 12.1. The Morgan fingerprint density at radius 1 is 1.40 bits per heavy atom. The molecule has 1 saturated carbocycles. The topological polar surface area (TPSA) is 49.3 Å². The summed E-state index contributed by atoms with van der Waals surface area (Å²) < 4.78 is 0. The molecule has 0 amide bonds. The molecular weight excluding hydrogens is 190 g/mol. The van der Waals surface area contributed by atoms with E-state index in [-0.39, 0.29) is 0 Å². The van der Waals surface area contributed by atoms with Gasteiger partial charge in [-0.25, -0.2) is 4.79 Å². The third kappa shape index (κ3) is 4.86. The van der Waals surface area contributed by atoms with Gasteiger partial charge in [0.2, 0.25) is 0 Å². The number of nitrogens with one attached hydrogen (secondary N) is 1. The van der Waals surface area contributed by atoms with E-state index < -0.39 is 5.97 Å². The van der Waals surface area contributed by atoms with Crippen LogP contribution in [0, 0.1) is 5.92 Å². The molecule has 0 aromatic heterocycles. The van der Waals surface area contributed by atoms with Crippen molar-refractivity contribution in [1.82, 2.24) is 5.32 Å². The highest BCUT2D eigenvalue weighted by molar-refractivity contribution is 5.79. The molecule has 0 spiro atoms. The molecule has 0 saturated heterocycles. The fraction of sp³-hybridized carbons (Fsp3) is 0.750. The Hall–Kier alpha value is -0.990. The zero-order valence-corrected chi connectivity index (χ0v) is 9.41. The van der Waals surface area contributed by atoms with E-state index in [4.69, 9.17) is 5.11 Å². The van der Waals surface area contributed by atoms with E-state index in [1.807, 2.05) is 0 Å². The number of carboxylic acids is 1. The van der Waals surface area contributed by atoms with Crippen molar-refractivity contribution in [3.8, 4) is 0 Å². The van der Waals surface area contributed by atoms with E-state index in [2.05, 4.69) is 12.2 Å². The predicted molar refractivity (Wildman–Crippen MR) is 60.6 cm³/mol. The Morgan fingerprint density at radius 2 is 2.07 bits per heavy atom. The smallest absolute Gasteiger partial charge is 0.329 e. The summed E-state index contributed by atoms with van der Waals surface area (Å²) in [6, 6.07) is 0.480. The molecule has 1 aliphatic rings. The normalized spacial score (nSPS) is 26.7. The van der Waals surface area contributed by atoms with E-state index in [0.717, 1.165) is 12.0 Å². The van der Waals surface area contributed by atoms with E-state index in [0.29, 0.717) is 6.04 Å². The van der Waals surface area contributed by atoms with Crippen LogP contribution < -0.4 is 5.32 Å². The standard InChI is InChI=1S/C12H21NO2/c1-2-3-10-4-6-11(7-5-10)13-9-8-12(14)15/h8-11,13H,2-7H2,1H3,(H,14,15)/b9-8+. The second kappa shape index (κ2) is 6.49. The quantitative estimate of drug-likeness (QED) is 0.687. The van der Waals surface area contributed by atoms with Crippen LogP contribution in [-0.2, 0) is 4.79 Å². The summed E-state index contributed by atoms with van der Waals surface area (Å²) in [5.41, 5.74) is 0. The minimum Gasteiger partial charge on any atom is -0.478 e. The molecule has 0 aliphatic heterocycles. The predicted octanol–water partition coefficient (Wildman–Crippen LogP) is 2.53.